The van der Waals surface area contributed by atoms with Gasteiger partial charge in [0, 0.05) is 48.0 Å². The second-order valence-corrected chi connectivity index (χ2v) is 11.0. The highest BCUT2D eigenvalue weighted by Gasteiger charge is 2.16. The summed E-state index contributed by atoms with van der Waals surface area (Å²) in [6.07, 6.45) is 0.412. The van der Waals surface area contributed by atoms with Crippen LogP contribution in [0, 0.1) is 17.1 Å². The molecule has 0 aliphatic carbocycles. The number of hydrogen-bond acceptors (Lipinski definition) is 10. The standard InChI is InChI=1S/C28H35ClFN7O2S/c1-17(2)15-24(38)39-14-13-37(4)12-11-33-28-25(18(3)31)26(32)34-27(35-28)19-5-8-21(9-6-19)36-40-23-16-20(29)7-10-22(23)30/h5-10,16-17,31,36H,11-15H2,1-4H3,(H3,32,33,34,35). The zero-order valence-corrected chi connectivity index (χ0v) is 24.6. The van der Waals surface area contributed by atoms with E-state index in [9.17, 15) is 9.18 Å². The Labute approximate surface area is 243 Å². The van der Waals surface area contributed by atoms with Crippen molar-refractivity contribution >= 4 is 52.6 Å². The van der Waals surface area contributed by atoms with E-state index in [4.69, 9.17) is 27.5 Å². The van der Waals surface area contributed by atoms with Gasteiger partial charge in [0.2, 0.25) is 0 Å². The Balaban J connectivity index is 1.62. The highest BCUT2D eigenvalue weighted by atomic mass is 35.5. The molecule has 0 radical (unpaired) electrons. The summed E-state index contributed by atoms with van der Waals surface area (Å²) in [5.74, 6) is 0.816. The Morgan fingerprint density at radius 1 is 1.20 bits per heavy atom. The molecule has 0 saturated heterocycles. The molecule has 0 bridgehead atoms. The van der Waals surface area contributed by atoms with Crippen LogP contribution >= 0.6 is 23.5 Å². The fourth-order valence-corrected chi connectivity index (χ4v) is 4.60. The van der Waals surface area contributed by atoms with Crippen molar-refractivity contribution in [3.63, 3.8) is 0 Å². The molecule has 0 fully saturated rings. The van der Waals surface area contributed by atoms with Gasteiger partial charge in [0.05, 0.1) is 10.5 Å². The smallest absolute Gasteiger partial charge is 0.306 e. The molecule has 12 heteroatoms. The molecule has 0 aliphatic rings. The first-order valence-electron chi connectivity index (χ1n) is 12.8. The molecule has 0 saturated carbocycles. The largest absolute Gasteiger partial charge is 0.464 e. The van der Waals surface area contributed by atoms with Crippen LogP contribution in [0.1, 0.15) is 32.8 Å². The van der Waals surface area contributed by atoms with Crippen molar-refractivity contribution in [2.45, 2.75) is 32.1 Å². The molecule has 0 spiro atoms. The van der Waals surface area contributed by atoms with Gasteiger partial charge in [0.25, 0.3) is 0 Å². The van der Waals surface area contributed by atoms with Gasteiger partial charge in [-0.05, 0) is 74.3 Å². The average molecular weight is 588 g/mol. The van der Waals surface area contributed by atoms with Crippen molar-refractivity contribution < 1.29 is 13.9 Å². The number of aromatic nitrogens is 2. The summed E-state index contributed by atoms with van der Waals surface area (Å²) >= 11 is 7.09. The molecular weight excluding hydrogens is 553 g/mol. The van der Waals surface area contributed by atoms with Crippen molar-refractivity contribution in [2.24, 2.45) is 5.92 Å². The highest BCUT2D eigenvalue weighted by Crippen LogP contribution is 2.29. The van der Waals surface area contributed by atoms with Crippen LogP contribution in [0.25, 0.3) is 11.4 Å². The van der Waals surface area contributed by atoms with Crippen LogP contribution in [-0.2, 0) is 9.53 Å². The van der Waals surface area contributed by atoms with Crippen LogP contribution in [0.2, 0.25) is 5.02 Å². The number of nitrogen functional groups attached to an aromatic ring is 1. The Morgan fingerprint density at radius 3 is 2.60 bits per heavy atom. The average Bonchev–Trinajstić information content (AvgIpc) is 2.88. The molecule has 214 valence electrons. The second kappa shape index (κ2) is 14.8. The molecule has 1 aromatic heterocycles. The van der Waals surface area contributed by atoms with Crippen LogP contribution < -0.4 is 15.8 Å². The van der Waals surface area contributed by atoms with Gasteiger partial charge in [0.1, 0.15) is 24.1 Å². The van der Waals surface area contributed by atoms with Gasteiger partial charge in [-0.25, -0.2) is 14.4 Å². The van der Waals surface area contributed by atoms with E-state index < -0.39 is 0 Å². The normalized spacial score (nSPS) is 11.1. The minimum absolute atomic E-state index is 0.186. The Hall–Kier alpha value is -3.41. The number of rotatable bonds is 14. The van der Waals surface area contributed by atoms with E-state index in [2.05, 4.69) is 20.0 Å². The van der Waals surface area contributed by atoms with Gasteiger partial charge in [-0.15, -0.1) is 0 Å². The Kier molecular flexibility index (Phi) is 11.5. The number of carbonyl (C=O) groups excluding carboxylic acids is 1. The van der Waals surface area contributed by atoms with Gasteiger partial charge in [-0.3, -0.25) is 4.79 Å². The number of carbonyl (C=O) groups is 1. The Bertz CT molecular complexity index is 1320. The lowest BCUT2D eigenvalue weighted by Crippen LogP contribution is -2.29. The third-order valence-corrected chi connectivity index (χ3v) is 6.83. The molecule has 3 rings (SSSR count). The zero-order chi connectivity index (χ0) is 29.2. The third kappa shape index (κ3) is 9.35. The van der Waals surface area contributed by atoms with E-state index in [-0.39, 0.29) is 29.2 Å². The number of anilines is 3. The van der Waals surface area contributed by atoms with Crippen LogP contribution in [0.5, 0.6) is 0 Å². The summed E-state index contributed by atoms with van der Waals surface area (Å²) in [6.45, 7) is 7.71. The summed E-state index contributed by atoms with van der Waals surface area (Å²) in [6, 6.07) is 11.7. The van der Waals surface area contributed by atoms with Crippen molar-refractivity contribution in [1.82, 2.24) is 14.9 Å². The first kappa shape index (κ1) is 31.1. The fraction of sp³-hybridized carbons (Fsp3) is 0.357. The molecule has 9 nitrogen and oxygen atoms in total. The maximum atomic E-state index is 14.0. The van der Waals surface area contributed by atoms with Crippen molar-refractivity contribution in [1.29, 1.82) is 5.41 Å². The minimum atomic E-state index is -0.361. The second-order valence-electron chi connectivity index (χ2n) is 9.69. The van der Waals surface area contributed by atoms with E-state index in [0.717, 1.165) is 23.2 Å². The van der Waals surface area contributed by atoms with Crippen LogP contribution in [-0.4, -0.2) is 59.8 Å². The van der Waals surface area contributed by atoms with Gasteiger partial charge < -0.3 is 30.8 Å². The third-order valence-electron chi connectivity index (χ3n) is 5.72. The lowest BCUT2D eigenvalue weighted by atomic mass is 10.1. The lowest BCUT2D eigenvalue weighted by molar-refractivity contribution is -0.144. The summed E-state index contributed by atoms with van der Waals surface area (Å²) in [4.78, 5) is 23.2. The van der Waals surface area contributed by atoms with Crippen LogP contribution in [0.3, 0.4) is 0 Å². The van der Waals surface area contributed by atoms with Gasteiger partial charge in [-0.2, -0.15) is 0 Å². The quantitative estimate of drug-likeness (QED) is 0.103. The number of likely N-dealkylation sites (N-methyl/N-ethyl adjacent to an activating group) is 1. The summed E-state index contributed by atoms with van der Waals surface area (Å²) in [5.41, 5.74) is 8.42. The van der Waals surface area contributed by atoms with Gasteiger partial charge in [-0.1, -0.05) is 25.4 Å². The number of halogens is 2. The number of benzene rings is 2. The predicted octanol–water partition coefficient (Wildman–Crippen LogP) is 5.96. The molecule has 5 N–H and O–H groups in total. The molecular formula is C28H35ClFN7O2S. The summed E-state index contributed by atoms with van der Waals surface area (Å²) in [5, 5.41) is 11.9. The monoisotopic (exact) mass is 587 g/mol. The number of ether oxygens (including phenoxy) is 1. The van der Waals surface area contributed by atoms with E-state index in [1.54, 1.807) is 13.0 Å². The van der Waals surface area contributed by atoms with Crippen LogP contribution in [0.15, 0.2) is 47.4 Å². The van der Waals surface area contributed by atoms with E-state index in [1.165, 1.54) is 12.1 Å². The molecule has 40 heavy (non-hydrogen) atoms. The first-order chi connectivity index (χ1) is 19.0. The predicted molar refractivity (Wildman–Crippen MR) is 162 cm³/mol. The van der Waals surface area contributed by atoms with Crippen molar-refractivity contribution in [2.75, 3.05) is 49.1 Å². The molecule has 0 aliphatic heterocycles. The van der Waals surface area contributed by atoms with E-state index in [0.29, 0.717) is 59.8 Å². The maximum Gasteiger partial charge on any atom is 0.306 e. The Morgan fingerprint density at radius 2 is 1.93 bits per heavy atom. The number of esters is 1. The minimum Gasteiger partial charge on any atom is -0.464 e. The fourth-order valence-electron chi connectivity index (χ4n) is 3.65. The number of hydrogen-bond donors (Lipinski definition) is 4. The van der Waals surface area contributed by atoms with Crippen molar-refractivity contribution in [3.05, 3.63) is 58.9 Å². The summed E-state index contributed by atoms with van der Waals surface area (Å²) in [7, 11) is 1.94. The zero-order valence-electron chi connectivity index (χ0n) is 23.1. The SMILES string of the molecule is CC(=N)c1c(N)nc(-c2ccc(NSc3cc(Cl)ccc3F)cc2)nc1NCCN(C)CCOC(=O)CC(C)C. The van der Waals surface area contributed by atoms with Crippen LogP contribution in [0.4, 0.5) is 21.7 Å². The maximum absolute atomic E-state index is 14.0. The molecule has 2 aromatic carbocycles. The highest BCUT2D eigenvalue weighted by molar-refractivity contribution is 8.00. The molecule has 0 unspecified atom stereocenters. The van der Waals surface area contributed by atoms with E-state index in [1.807, 2.05) is 50.1 Å². The van der Waals surface area contributed by atoms with Crippen molar-refractivity contribution in [3.8, 4) is 11.4 Å². The summed E-state index contributed by atoms with van der Waals surface area (Å²) < 4.78 is 22.4. The molecule has 1 heterocycles. The number of nitrogens with one attached hydrogen (secondary N) is 3. The number of nitrogens with two attached hydrogens (primary N) is 1. The molecule has 0 atom stereocenters. The van der Waals surface area contributed by atoms with Gasteiger partial charge >= 0.3 is 5.97 Å². The lowest BCUT2D eigenvalue weighted by Gasteiger charge is -2.19. The molecule has 0 amide bonds. The van der Waals surface area contributed by atoms with Gasteiger partial charge in [0.15, 0.2) is 5.82 Å². The van der Waals surface area contributed by atoms with E-state index >= 15 is 0 Å². The first-order valence-corrected chi connectivity index (χ1v) is 14.0. The number of nitrogens with zero attached hydrogens (tertiary/aromatic N) is 3. The molecule has 3 aromatic rings. The topological polar surface area (TPSA) is 129 Å².